The Balaban J connectivity index is 1.50. The molecule has 210 valence electrons. The van der Waals surface area contributed by atoms with E-state index in [4.69, 9.17) is 39.1 Å². The van der Waals surface area contributed by atoms with E-state index in [2.05, 4.69) is 4.36 Å². The average molecular weight is 609 g/mol. The largest absolute Gasteiger partial charge is 0.396 e. The van der Waals surface area contributed by atoms with Crippen LogP contribution in [0.4, 0.5) is 31.5 Å². The van der Waals surface area contributed by atoms with E-state index in [1.165, 1.54) is 36.9 Å². The molecule has 0 amide bonds. The van der Waals surface area contributed by atoms with E-state index >= 15 is 0 Å². The normalized spacial score (nSPS) is 12.8. The SMILES string of the molecule is COC(F)c1ccc(-c2ccc(-c3c(N)c(N)c(-c4ccc(-c5ccc(C(F)OC)cc5)s4)c(N=S)c3N)s2)cc1. The number of hydrogen-bond acceptors (Lipinski definition) is 9. The Morgan fingerprint density at radius 1 is 0.610 bits per heavy atom. The molecule has 0 aliphatic rings. The first-order valence-electron chi connectivity index (χ1n) is 12.4. The van der Waals surface area contributed by atoms with Crippen LogP contribution in [0.5, 0.6) is 0 Å². The molecule has 5 aromatic rings. The zero-order valence-electron chi connectivity index (χ0n) is 22.1. The number of nitrogens with two attached hydrogens (primary N) is 3. The predicted octanol–water partition coefficient (Wildman–Crippen LogP) is 8.82. The van der Waals surface area contributed by atoms with Crippen LogP contribution in [-0.2, 0) is 21.9 Å². The van der Waals surface area contributed by atoms with Crippen LogP contribution in [0.1, 0.15) is 23.8 Å². The van der Waals surface area contributed by atoms with Gasteiger partial charge in [0, 0.05) is 68.4 Å². The molecule has 2 unspecified atom stereocenters. The fourth-order valence-corrected chi connectivity index (χ4v) is 6.88. The summed E-state index contributed by atoms with van der Waals surface area (Å²) in [7, 11) is 2.64. The maximum absolute atomic E-state index is 13.8. The second-order valence-electron chi connectivity index (χ2n) is 9.11. The summed E-state index contributed by atoms with van der Waals surface area (Å²) in [6, 6.07) is 21.8. The number of rotatable bonds is 9. The summed E-state index contributed by atoms with van der Waals surface area (Å²) >= 11 is 8.10. The molecule has 0 aliphatic heterocycles. The summed E-state index contributed by atoms with van der Waals surface area (Å²) < 4.78 is 41.2. The first-order chi connectivity index (χ1) is 19.8. The molecule has 0 radical (unpaired) electrons. The van der Waals surface area contributed by atoms with Crippen molar-refractivity contribution < 1.29 is 18.3 Å². The Labute approximate surface area is 249 Å². The number of alkyl halides is 2. The minimum atomic E-state index is -1.48. The smallest absolute Gasteiger partial charge is 0.224 e. The van der Waals surface area contributed by atoms with E-state index < -0.39 is 12.7 Å². The van der Waals surface area contributed by atoms with Crippen molar-refractivity contribution in [3.8, 4) is 41.8 Å². The van der Waals surface area contributed by atoms with E-state index in [1.54, 1.807) is 24.3 Å². The molecule has 6 N–H and O–H groups in total. The highest BCUT2D eigenvalue weighted by molar-refractivity contribution is 7.47. The molecule has 2 atom stereocenters. The topological polar surface area (TPSA) is 109 Å². The molecule has 5 rings (SSSR count). The Hall–Kier alpha value is -3.74. The van der Waals surface area contributed by atoms with Gasteiger partial charge in [-0.2, -0.15) is 4.36 Å². The molecular formula is C30H26F2N4O2S3. The highest BCUT2D eigenvalue weighted by atomic mass is 32.1. The summed E-state index contributed by atoms with van der Waals surface area (Å²) in [5.74, 6) is 0. The number of ether oxygens (including phenoxy) is 2. The van der Waals surface area contributed by atoms with Gasteiger partial charge in [-0.15, -0.1) is 22.7 Å². The second-order valence-corrected chi connectivity index (χ2v) is 11.5. The summed E-state index contributed by atoms with van der Waals surface area (Å²) in [4.78, 5) is 3.47. The van der Waals surface area contributed by atoms with Gasteiger partial charge in [0.2, 0.25) is 12.7 Å². The van der Waals surface area contributed by atoms with Crippen LogP contribution in [0.2, 0.25) is 0 Å². The van der Waals surface area contributed by atoms with Crippen LogP contribution in [0.25, 0.3) is 41.8 Å². The molecule has 0 aliphatic carbocycles. The number of hydrogen-bond donors (Lipinski definition) is 3. The third-order valence-electron chi connectivity index (χ3n) is 6.71. The van der Waals surface area contributed by atoms with E-state index in [1.807, 2.05) is 48.5 Å². The minimum Gasteiger partial charge on any atom is -0.396 e. The molecule has 6 nitrogen and oxygen atoms in total. The van der Waals surface area contributed by atoms with Crippen LogP contribution in [-0.4, -0.2) is 14.2 Å². The fourth-order valence-electron chi connectivity index (χ4n) is 4.53. The zero-order chi connectivity index (χ0) is 29.3. The average Bonchev–Trinajstić information content (AvgIpc) is 3.69. The predicted molar refractivity (Wildman–Crippen MR) is 168 cm³/mol. The molecule has 0 spiro atoms. The first kappa shape index (κ1) is 28.8. The van der Waals surface area contributed by atoms with Gasteiger partial charge in [-0.3, -0.25) is 0 Å². The van der Waals surface area contributed by atoms with E-state index in [-0.39, 0.29) is 0 Å². The van der Waals surface area contributed by atoms with Crippen molar-refractivity contribution >= 4 is 57.8 Å². The lowest BCUT2D eigenvalue weighted by Gasteiger charge is -2.17. The van der Waals surface area contributed by atoms with Gasteiger partial charge < -0.3 is 26.7 Å². The Bertz CT molecular complexity index is 1700. The van der Waals surface area contributed by atoms with Crippen molar-refractivity contribution in [2.24, 2.45) is 4.36 Å². The van der Waals surface area contributed by atoms with Gasteiger partial charge >= 0.3 is 0 Å². The lowest BCUT2D eigenvalue weighted by molar-refractivity contribution is -0.00682. The molecule has 41 heavy (non-hydrogen) atoms. The van der Waals surface area contributed by atoms with Gasteiger partial charge in [0.25, 0.3) is 0 Å². The van der Waals surface area contributed by atoms with Crippen LogP contribution < -0.4 is 17.2 Å². The van der Waals surface area contributed by atoms with Crippen molar-refractivity contribution in [1.29, 1.82) is 0 Å². The van der Waals surface area contributed by atoms with Crippen molar-refractivity contribution in [3.63, 3.8) is 0 Å². The molecule has 2 heterocycles. The molecule has 0 fully saturated rings. The molecule has 3 aromatic carbocycles. The maximum atomic E-state index is 13.8. The lowest BCUT2D eigenvalue weighted by Crippen LogP contribution is -2.03. The van der Waals surface area contributed by atoms with Gasteiger partial charge in [0.1, 0.15) is 5.69 Å². The number of nitrogens with zero attached hydrogens (tertiary/aromatic N) is 1. The van der Waals surface area contributed by atoms with Gasteiger partial charge in [-0.1, -0.05) is 48.5 Å². The number of halogens is 2. The van der Waals surface area contributed by atoms with Gasteiger partial charge in [0.15, 0.2) is 0 Å². The Morgan fingerprint density at radius 2 is 1.00 bits per heavy atom. The van der Waals surface area contributed by atoms with Gasteiger partial charge in [0.05, 0.1) is 17.1 Å². The molecular weight excluding hydrogens is 583 g/mol. The summed E-state index contributed by atoms with van der Waals surface area (Å²) in [5.41, 5.74) is 25.0. The summed E-state index contributed by atoms with van der Waals surface area (Å²) in [6.07, 6.45) is -2.96. The van der Waals surface area contributed by atoms with Crippen LogP contribution >= 0.6 is 22.7 Å². The summed E-state index contributed by atoms with van der Waals surface area (Å²) in [6.45, 7) is 0. The van der Waals surface area contributed by atoms with Crippen molar-refractivity contribution in [2.45, 2.75) is 12.7 Å². The van der Waals surface area contributed by atoms with Crippen LogP contribution in [0.15, 0.2) is 77.2 Å². The molecule has 0 saturated heterocycles. The quantitative estimate of drug-likeness (QED) is 0.144. The highest BCUT2D eigenvalue weighted by Crippen LogP contribution is 2.53. The molecule has 0 saturated carbocycles. The third kappa shape index (κ3) is 5.46. The van der Waals surface area contributed by atoms with Crippen LogP contribution in [0, 0.1) is 0 Å². The first-order valence-corrected chi connectivity index (χ1v) is 14.4. The van der Waals surface area contributed by atoms with Crippen molar-refractivity contribution in [3.05, 3.63) is 83.9 Å². The number of benzene rings is 3. The van der Waals surface area contributed by atoms with Gasteiger partial charge in [-0.25, -0.2) is 8.78 Å². The van der Waals surface area contributed by atoms with E-state index in [9.17, 15) is 8.78 Å². The maximum Gasteiger partial charge on any atom is 0.224 e. The molecule has 2 aromatic heterocycles. The number of nitrogen functional groups attached to an aromatic ring is 3. The van der Waals surface area contributed by atoms with Crippen molar-refractivity contribution in [2.75, 3.05) is 31.4 Å². The van der Waals surface area contributed by atoms with Gasteiger partial charge in [-0.05, 0) is 35.4 Å². The highest BCUT2D eigenvalue weighted by Gasteiger charge is 2.24. The van der Waals surface area contributed by atoms with Crippen LogP contribution in [0.3, 0.4) is 0 Å². The molecule has 11 heteroatoms. The van der Waals surface area contributed by atoms with E-state index in [0.717, 1.165) is 30.6 Å². The van der Waals surface area contributed by atoms with E-state index in [0.29, 0.717) is 45.0 Å². The molecule has 0 bridgehead atoms. The Morgan fingerprint density at radius 3 is 1.41 bits per heavy atom. The second kappa shape index (κ2) is 12.0. The fraction of sp³-hybridized carbons (Fsp3) is 0.133. The number of methoxy groups -OCH3 is 2. The Kier molecular flexibility index (Phi) is 8.43. The number of thiophene rings is 2. The third-order valence-corrected chi connectivity index (χ3v) is 9.20. The number of anilines is 3. The lowest BCUT2D eigenvalue weighted by atomic mass is 9.99. The minimum absolute atomic E-state index is 0.328. The monoisotopic (exact) mass is 608 g/mol. The standard InChI is InChI=1S/C30H26F2N4O2S3/c1-37-29(31)17-7-3-15(4-8-17)19-11-13-21(40-19)23-25(33)26(34)24(28(36-39)27(23)35)22-14-12-20(41-22)16-5-9-18(10-6-16)30(32)38-2/h3-14,29-30H,33-35H2,1-2H3. The zero-order valence-corrected chi connectivity index (χ0v) is 24.5. The summed E-state index contributed by atoms with van der Waals surface area (Å²) in [5, 5.41) is 0. The van der Waals surface area contributed by atoms with Crippen molar-refractivity contribution in [1.82, 2.24) is 0 Å².